The van der Waals surface area contributed by atoms with Crippen LogP contribution in [-0.4, -0.2) is 47.8 Å². The summed E-state index contributed by atoms with van der Waals surface area (Å²) in [6.07, 6.45) is 12.7. The van der Waals surface area contributed by atoms with Gasteiger partial charge in [0.2, 0.25) is 0 Å². The van der Waals surface area contributed by atoms with Crippen LogP contribution < -0.4 is 11.1 Å². The van der Waals surface area contributed by atoms with Gasteiger partial charge >= 0.3 is 6.09 Å². The molecule has 2 aliphatic carbocycles. The number of carbonyl (C=O) groups excluding carboxylic acids is 1. The second-order valence-corrected chi connectivity index (χ2v) is 11.0. The van der Waals surface area contributed by atoms with Gasteiger partial charge in [-0.05, 0) is 71.1 Å². The molecule has 33 heavy (non-hydrogen) atoms. The van der Waals surface area contributed by atoms with E-state index in [-0.39, 0.29) is 6.09 Å². The molecule has 0 bridgehead atoms. The number of rotatable bonds is 4. The molecule has 1 aliphatic heterocycles. The van der Waals surface area contributed by atoms with E-state index >= 15 is 0 Å². The zero-order valence-electron chi connectivity index (χ0n) is 21.0. The summed E-state index contributed by atoms with van der Waals surface area (Å²) in [4.78, 5) is 13.9. The van der Waals surface area contributed by atoms with E-state index in [0.717, 1.165) is 38.8 Å². The number of nitrogens with zero attached hydrogens (tertiary/aromatic N) is 3. The summed E-state index contributed by atoms with van der Waals surface area (Å²) in [5.41, 5.74) is 5.38. The Balaban J connectivity index is 0.000000321. The van der Waals surface area contributed by atoms with Crippen LogP contribution in [0.15, 0.2) is 0 Å². The van der Waals surface area contributed by atoms with Gasteiger partial charge in [-0.2, -0.15) is 10.5 Å². The van der Waals surface area contributed by atoms with Crippen molar-refractivity contribution in [2.45, 2.75) is 122 Å². The normalized spacial score (nSPS) is 28.6. The summed E-state index contributed by atoms with van der Waals surface area (Å²) in [6, 6.07) is 5.76. The lowest BCUT2D eigenvalue weighted by Gasteiger charge is -2.38. The quantitative estimate of drug-likeness (QED) is 0.620. The van der Waals surface area contributed by atoms with Gasteiger partial charge in [-0.15, -0.1) is 0 Å². The molecule has 1 saturated heterocycles. The lowest BCUT2D eigenvalue weighted by molar-refractivity contribution is 0.0191. The van der Waals surface area contributed by atoms with Crippen molar-refractivity contribution in [3.05, 3.63) is 0 Å². The maximum absolute atomic E-state index is 12.1. The first-order valence-corrected chi connectivity index (χ1v) is 13.0. The van der Waals surface area contributed by atoms with Crippen LogP contribution in [0.5, 0.6) is 0 Å². The van der Waals surface area contributed by atoms with Crippen molar-refractivity contribution in [3.8, 4) is 12.1 Å². The summed E-state index contributed by atoms with van der Waals surface area (Å²) < 4.78 is 5.44. The van der Waals surface area contributed by atoms with Crippen molar-refractivity contribution in [1.82, 2.24) is 10.2 Å². The Morgan fingerprint density at radius 1 is 0.939 bits per heavy atom. The van der Waals surface area contributed by atoms with Gasteiger partial charge in [0.25, 0.3) is 0 Å². The molecule has 7 heteroatoms. The van der Waals surface area contributed by atoms with Crippen LogP contribution in [-0.2, 0) is 4.74 Å². The van der Waals surface area contributed by atoms with Gasteiger partial charge in [0, 0.05) is 44.1 Å². The van der Waals surface area contributed by atoms with E-state index in [1.54, 1.807) is 0 Å². The Labute approximate surface area is 201 Å². The Morgan fingerprint density at radius 2 is 1.48 bits per heavy atom. The van der Waals surface area contributed by atoms with Crippen molar-refractivity contribution >= 4 is 6.09 Å². The number of likely N-dealkylation sites (tertiary alicyclic amines) is 1. The van der Waals surface area contributed by atoms with Crippen LogP contribution in [0.1, 0.15) is 97.8 Å². The molecular formula is C26H45N5O2. The van der Waals surface area contributed by atoms with Crippen molar-refractivity contribution < 1.29 is 9.53 Å². The number of nitrogens with two attached hydrogens (primary N) is 1. The van der Waals surface area contributed by atoms with Crippen molar-refractivity contribution in [2.75, 3.05) is 13.1 Å². The highest BCUT2D eigenvalue weighted by atomic mass is 16.6. The smallest absolute Gasteiger partial charge is 0.410 e. The van der Waals surface area contributed by atoms with Gasteiger partial charge in [0.1, 0.15) is 5.60 Å². The highest BCUT2D eigenvalue weighted by molar-refractivity contribution is 5.68. The Bertz CT molecular complexity index is 670. The fraction of sp³-hybridized carbons (Fsp3) is 0.885. The number of hydrogen-bond acceptors (Lipinski definition) is 6. The minimum Gasteiger partial charge on any atom is -0.444 e. The standard InChI is InChI=1S/C18H31N3O2.C8H14N2/c1-18(2,3)23-17(22)21-12-9-15(10-13-21)20-16-7-5-4-6-14(16)8-11-19;9-6-5-7-3-1-2-4-8(7)10/h14-16,20H,4-10,12-13H2,1-3H3;7-8H,1-5,10H2/t14-,16+;7-,8+/m11/s1. The monoisotopic (exact) mass is 459 g/mol. The number of amides is 1. The van der Waals surface area contributed by atoms with Crippen LogP contribution in [0.4, 0.5) is 4.79 Å². The third-order valence-electron chi connectivity index (χ3n) is 7.18. The molecule has 3 rings (SSSR count). The molecule has 3 fully saturated rings. The third kappa shape index (κ3) is 9.90. The molecule has 4 atom stereocenters. The van der Waals surface area contributed by atoms with Crippen LogP contribution in [0.2, 0.25) is 0 Å². The van der Waals surface area contributed by atoms with E-state index in [1.165, 1.54) is 38.5 Å². The van der Waals surface area contributed by atoms with E-state index < -0.39 is 5.60 Å². The lowest BCUT2D eigenvalue weighted by Crippen LogP contribution is -2.50. The molecule has 0 unspecified atom stereocenters. The SMILES string of the molecule is CC(C)(C)OC(=O)N1CCC(N[C@H]2CCCC[C@@H]2CC#N)CC1.N#CC[C@H]1CCCC[C@@H]1N. The van der Waals surface area contributed by atoms with E-state index in [0.29, 0.717) is 42.8 Å². The zero-order valence-corrected chi connectivity index (χ0v) is 21.0. The summed E-state index contributed by atoms with van der Waals surface area (Å²) >= 11 is 0. The lowest BCUT2D eigenvalue weighted by atomic mass is 9.82. The first kappa shape index (κ1) is 27.4. The van der Waals surface area contributed by atoms with Gasteiger partial charge in [0.15, 0.2) is 0 Å². The topological polar surface area (TPSA) is 115 Å². The number of carbonyl (C=O) groups is 1. The fourth-order valence-electron chi connectivity index (χ4n) is 5.25. The van der Waals surface area contributed by atoms with Crippen LogP contribution in [0.3, 0.4) is 0 Å². The number of ether oxygens (including phenoxy) is 1. The Morgan fingerprint density at radius 3 is 2.06 bits per heavy atom. The highest BCUT2D eigenvalue weighted by Gasteiger charge is 2.31. The Kier molecular flexibility index (Phi) is 11.4. The van der Waals surface area contributed by atoms with Crippen molar-refractivity contribution in [2.24, 2.45) is 17.6 Å². The van der Waals surface area contributed by atoms with E-state index in [4.69, 9.17) is 21.0 Å². The molecule has 7 nitrogen and oxygen atoms in total. The molecule has 1 amide bonds. The summed E-state index contributed by atoms with van der Waals surface area (Å²) in [7, 11) is 0. The van der Waals surface area contributed by atoms with Gasteiger partial charge in [-0.3, -0.25) is 0 Å². The summed E-state index contributed by atoms with van der Waals surface area (Å²) in [5.74, 6) is 0.983. The molecule has 0 aromatic carbocycles. The van der Waals surface area contributed by atoms with Gasteiger partial charge in [-0.25, -0.2) is 4.79 Å². The molecule has 0 aromatic rings. The second-order valence-electron chi connectivity index (χ2n) is 11.0. The predicted molar refractivity (Wildman–Crippen MR) is 130 cm³/mol. The summed E-state index contributed by atoms with van der Waals surface area (Å²) in [5, 5.41) is 21.2. The fourth-order valence-corrected chi connectivity index (χ4v) is 5.25. The molecule has 1 heterocycles. The first-order chi connectivity index (χ1) is 15.7. The predicted octanol–water partition coefficient (Wildman–Crippen LogP) is 4.87. The number of nitrogens with one attached hydrogen (secondary N) is 1. The third-order valence-corrected chi connectivity index (χ3v) is 7.18. The van der Waals surface area contributed by atoms with E-state index in [2.05, 4.69) is 17.5 Å². The number of hydrogen-bond donors (Lipinski definition) is 2. The van der Waals surface area contributed by atoms with Gasteiger partial charge in [0.05, 0.1) is 12.1 Å². The van der Waals surface area contributed by atoms with Crippen molar-refractivity contribution in [1.29, 1.82) is 10.5 Å². The number of piperidine rings is 1. The first-order valence-electron chi connectivity index (χ1n) is 13.0. The average molecular weight is 460 g/mol. The number of nitriles is 2. The second kappa shape index (κ2) is 13.8. The molecule has 186 valence electrons. The molecule has 0 radical (unpaired) electrons. The molecule has 0 spiro atoms. The molecular weight excluding hydrogens is 414 g/mol. The zero-order chi connectivity index (χ0) is 24.3. The molecule has 3 aliphatic rings. The molecule has 3 N–H and O–H groups in total. The van der Waals surface area contributed by atoms with Gasteiger partial charge < -0.3 is 20.7 Å². The van der Waals surface area contributed by atoms with Crippen LogP contribution >= 0.6 is 0 Å². The maximum atomic E-state index is 12.1. The minimum atomic E-state index is -0.432. The Hall–Kier alpha value is -1.83. The average Bonchev–Trinajstić information content (AvgIpc) is 2.77. The van der Waals surface area contributed by atoms with Crippen LogP contribution in [0.25, 0.3) is 0 Å². The minimum absolute atomic E-state index is 0.198. The van der Waals surface area contributed by atoms with E-state index in [9.17, 15) is 4.79 Å². The summed E-state index contributed by atoms with van der Waals surface area (Å²) in [6.45, 7) is 7.21. The van der Waals surface area contributed by atoms with Crippen molar-refractivity contribution in [3.63, 3.8) is 0 Å². The van der Waals surface area contributed by atoms with Gasteiger partial charge in [-0.1, -0.05) is 25.7 Å². The largest absolute Gasteiger partial charge is 0.444 e. The maximum Gasteiger partial charge on any atom is 0.410 e. The van der Waals surface area contributed by atoms with E-state index in [1.807, 2.05) is 25.7 Å². The van der Waals surface area contributed by atoms with Crippen LogP contribution in [0, 0.1) is 34.5 Å². The highest BCUT2D eigenvalue weighted by Crippen LogP contribution is 2.28. The molecule has 0 aromatic heterocycles. The molecule has 2 saturated carbocycles.